The van der Waals surface area contributed by atoms with Gasteiger partial charge in [0.2, 0.25) is 5.60 Å². The van der Waals surface area contributed by atoms with Gasteiger partial charge >= 0.3 is 12.1 Å². The molecule has 1 saturated heterocycles. The molecule has 1 aliphatic rings. The smallest absolute Gasteiger partial charge is 0.461 e. The molecule has 7 heteroatoms. The van der Waals surface area contributed by atoms with Crippen LogP contribution in [-0.4, -0.2) is 43.3 Å². The molecule has 1 N–H and O–H groups in total. The topological polar surface area (TPSA) is 83.1 Å². The Morgan fingerprint density at radius 2 is 1.51 bits per heavy atom. The van der Waals surface area contributed by atoms with Gasteiger partial charge in [-0.2, -0.15) is 0 Å². The molecule has 0 aromatic rings. The number of ether oxygens (including phenoxy) is 4. The minimum Gasteiger partial charge on any atom is -0.461 e. The van der Waals surface area contributed by atoms with E-state index in [4.69, 9.17) is 25.4 Å². The van der Waals surface area contributed by atoms with Gasteiger partial charge < -0.3 is 24.3 Å². The molecule has 0 amide bonds. The maximum absolute atomic E-state index is 12.4. The predicted molar refractivity (Wildman–Crippen MR) is 147 cm³/mol. The third-order valence-electron chi connectivity index (χ3n) is 6.74. The summed E-state index contributed by atoms with van der Waals surface area (Å²) < 4.78 is 22.2. The van der Waals surface area contributed by atoms with Crippen molar-refractivity contribution in [3.63, 3.8) is 0 Å². The Morgan fingerprint density at radius 1 is 0.946 bits per heavy atom. The summed E-state index contributed by atoms with van der Waals surface area (Å²) in [5.41, 5.74) is -1.38. The molecule has 0 bridgehead atoms. The van der Waals surface area contributed by atoms with Crippen LogP contribution in [0.4, 0.5) is 4.79 Å². The summed E-state index contributed by atoms with van der Waals surface area (Å²) in [6, 6.07) is 0. The Kier molecular flexibility index (Phi) is 18.5. The lowest BCUT2D eigenvalue weighted by Crippen LogP contribution is -2.46. The molecule has 1 heterocycles. The Hall–Kier alpha value is -2.20. The monoisotopic (exact) mass is 521 g/mol. The van der Waals surface area contributed by atoms with E-state index in [1.54, 1.807) is 0 Å². The van der Waals surface area contributed by atoms with Gasteiger partial charge in [0.15, 0.2) is 6.10 Å². The number of hydrogen-bond donors (Lipinski definition) is 1. The Labute approximate surface area is 225 Å². The van der Waals surface area contributed by atoms with Crippen LogP contribution in [-0.2, 0) is 23.7 Å². The number of hydrogen-bond acceptors (Lipinski definition) is 7. The summed E-state index contributed by atoms with van der Waals surface area (Å²) in [6.45, 7) is 8.10. The maximum atomic E-state index is 12.4. The molecule has 0 unspecified atom stereocenters. The van der Waals surface area contributed by atoms with Gasteiger partial charge in [0, 0.05) is 12.8 Å². The van der Waals surface area contributed by atoms with E-state index >= 15 is 0 Å². The molecule has 1 fully saturated rings. The van der Waals surface area contributed by atoms with Gasteiger partial charge in [-0.3, -0.25) is 4.79 Å². The number of rotatable bonds is 22. The first-order chi connectivity index (χ1) is 18.0. The van der Waals surface area contributed by atoms with E-state index in [1.165, 1.54) is 57.6 Å². The van der Waals surface area contributed by atoms with E-state index in [0.29, 0.717) is 13.0 Å². The SMILES string of the molecule is C#C[C@]1(COC(=O)CCCCCC)O[C@@H](NC=C)C[C@@H]1OC(=O)OCCCCCCCCCCCCC. The second-order valence-corrected chi connectivity index (χ2v) is 9.96. The first-order valence-corrected chi connectivity index (χ1v) is 14.5. The van der Waals surface area contributed by atoms with Crippen molar-refractivity contribution in [2.75, 3.05) is 13.2 Å². The molecule has 0 aromatic heterocycles. The van der Waals surface area contributed by atoms with Crippen molar-refractivity contribution < 1.29 is 28.5 Å². The van der Waals surface area contributed by atoms with Crippen LogP contribution in [0.1, 0.15) is 123 Å². The van der Waals surface area contributed by atoms with E-state index in [-0.39, 0.29) is 19.0 Å². The van der Waals surface area contributed by atoms with Crippen LogP contribution < -0.4 is 5.32 Å². The van der Waals surface area contributed by atoms with Crippen molar-refractivity contribution in [3.8, 4) is 12.3 Å². The quantitative estimate of drug-likeness (QED) is 0.0917. The molecular formula is C30H51NO6. The summed E-state index contributed by atoms with van der Waals surface area (Å²) in [4.78, 5) is 24.6. The van der Waals surface area contributed by atoms with Crippen LogP contribution in [0, 0.1) is 12.3 Å². The Bertz CT molecular complexity index is 675. The van der Waals surface area contributed by atoms with Gasteiger partial charge in [-0.1, -0.05) is 110 Å². The number of unbranched alkanes of at least 4 members (excludes halogenated alkanes) is 13. The molecule has 0 saturated carbocycles. The second-order valence-electron chi connectivity index (χ2n) is 9.96. The second kappa shape index (κ2) is 20.8. The van der Waals surface area contributed by atoms with Crippen LogP contribution in [0.2, 0.25) is 0 Å². The summed E-state index contributed by atoms with van der Waals surface area (Å²) in [5, 5.41) is 2.94. The first-order valence-electron chi connectivity index (χ1n) is 14.5. The molecule has 0 spiro atoms. The molecule has 1 rings (SSSR count). The van der Waals surface area contributed by atoms with E-state index < -0.39 is 24.1 Å². The minimum atomic E-state index is -1.38. The largest absolute Gasteiger partial charge is 0.508 e. The van der Waals surface area contributed by atoms with Crippen LogP contribution in [0.3, 0.4) is 0 Å². The fraction of sp³-hybridized carbons (Fsp3) is 0.800. The third-order valence-corrected chi connectivity index (χ3v) is 6.74. The molecule has 7 nitrogen and oxygen atoms in total. The zero-order valence-corrected chi connectivity index (χ0v) is 23.4. The Morgan fingerprint density at radius 3 is 2.08 bits per heavy atom. The van der Waals surface area contributed by atoms with Crippen LogP contribution in [0.5, 0.6) is 0 Å². The van der Waals surface area contributed by atoms with Gasteiger partial charge in [0.25, 0.3) is 0 Å². The van der Waals surface area contributed by atoms with E-state index in [0.717, 1.165) is 44.9 Å². The standard InChI is InChI=1S/C30H51NO6/c1-5-9-11-13-14-15-16-17-18-19-21-23-34-29(33)36-26-24-27(31-8-4)37-30(26,7-3)25-35-28(32)22-20-12-10-6-2/h3,8,26-27,31H,4-6,9-25H2,1-2H3/t26-,27+,30+/m0/s1. The number of carbonyl (C=O) groups is 2. The van der Waals surface area contributed by atoms with Crippen LogP contribution in [0.15, 0.2) is 12.8 Å². The van der Waals surface area contributed by atoms with Crippen molar-refractivity contribution in [1.82, 2.24) is 5.32 Å². The van der Waals surface area contributed by atoms with Crippen LogP contribution >= 0.6 is 0 Å². The summed E-state index contributed by atoms with van der Waals surface area (Å²) in [7, 11) is 0. The van der Waals surface area contributed by atoms with Gasteiger partial charge in [-0.15, -0.1) is 6.42 Å². The fourth-order valence-corrected chi connectivity index (χ4v) is 4.46. The highest BCUT2D eigenvalue weighted by molar-refractivity contribution is 5.69. The Balaban J connectivity index is 2.35. The molecule has 3 atom stereocenters. The lowest BCUT2D eigenvalue weighted by atomic mass is 9.98. The highest BCUT2D eigenvalue weighted by atomic mass is 16.7. The molecule has 0 aliphatic carbocycles. The van der Waals surface area contributed by atoms with E-state index in [9.17, 15) is 9.59 Å². The molecule has 37 heavy (non-hydrogen) atoms. The third kappa shape index (κ3) is 14.4. The molecular weight excluding hydrogens is 470 g/mol. The van der Waals surface area contributed by atoms with Crippen LogP contribution in [0.25, 0.3) is 0 Å². The molecule has 0 aromatic carbocycles. The average molecular weight is 522 g/mol. The fourth-order valence-electron chi connectivity index (χ4n) is 4.46. The summed E-state index contributed by atoms with van der Waals surface area (Å²) in [5.74, 6) is 2.22. The normalized spacial score (nSPS) is 20.7. The van der Waals surface area contributed by atoms with Gasteiger partial charge in [0.05, 0.1) is 6.61 Å². The van der Waals surface area contributed by atoms with E-state index in [2.05, 4.69) is 31.7 Å². The van der Waals surface area contributed by atoms with Gasteiger partial charge in [0.1, 0.15) is 12.8 Å². The lowest BCUT2D eigenvalue weighted by Gasteiger charge is -2.28. The highest BCUT2D eigenvalue weighted by Gasteiger charge is 2.51. The molecule has 212 valence electrons. The zero-order valence-electron chi connectivity index (χ0n) is 23.4. The van der Waals surface area contributed by atoms with Crippen molar-refractivity contribution in [3.05, 3.63) is 12.8 Å². The van der Waals surface area contributed by atoms with Crippen molar-refractivity contribution >= 4 is 12.1 Å². The van der Waals surface area contributed by atoms with Crippen molar-refractivity contribution in [1.29, 1.82) is 0 Å². The highest BCUT2D eigenvalue weighted by Crippen LogP contribution is 2.33. The number of esters is 1. The predicted octanol–water partition coefficient (Wildman–Crippen LogP) is 7.18. The zero-order chi connectivity index (χ0) is 27.2. The number of nitrogens with one attached hydrogen (secondary N) is 1. The van der Waals surface area contributed by atoms with Crippen molar-refractivity contribution in [2.45, 2.75) is 141 Å². The number of terminal acetylenes is 1. The van der Waals surface area contributed by atoms with Crippen molar-refractivity contribution in [2.24, 2.45) is 0 Å². The summed E-state index contributed by atoms with van der Waals surface area (Å²) >= 11 is 0. The van der Waals surface area contributed by atoms with E-state index in [1.807, 2.05) is 0 Å². The number of carbonyl (C=O) groups excluding carboxylic acids is 2. The molecule has 0 radical (unpaired) electrons. The van der Waals surface area contributed by atoms with Gasteiger partial charge in [-0.25, -0.2) is 4.79 Å². The average Bonchev–Trinajstić information content (AvgIpc) is 3.23. The molecule has 1 aliphatic heterocycles. The minimum absolute atomic E-state index is 0.192. The lowest BCUT2D eigenvalue weighted by molar-refractivity contribution is -0.155. The van der Waals surface area contributed by atoms with Gasteiger partial charge in [-0.05, 0) is 19.0 Å². The maximum Gasteiger partial charge on any atom is 0.508 e. The summed E-state index contributed by atoms with van der Waals surface area (Å²) in [6.07, 6.45) is 23.1. The first kappa shape index (κ1) is 32.8.